The minimum Gasteiger partial charge on any atom is -0.336 e. The van der Waals surface area contributed by atoms with Gasteiger partial charge in [0.25, 0.3) is 5.91 Å². The van der Waals surface area contributed by atoms with Crippen LogP contribution in [0.5, 0.6) is 0 Å². The summed E-state index contributed by atoms with van der Waals surface area (Å²) < 4.78 is 0. The summed E-state index contributed by atoms with van der Waals surface area (Å²) in [6, 6.07) is 19.2. The van der Waals surface area contributed by atoms with Gasteiger partial charge in [-0.2, -0.15) is 0 Å². The number of piperazine rings is 1. The maximum absolute atomic E-state index is 12.8. The summed E-state index contributed by atoms with van der Waals surface area (Å²) in [5.74, 6) is 0.982. The molecular formula is C26H35N3O. The number of amides is 1. The summed E-state index contributed by atoms with van der Waals surface area (Å²) in [6.07, 6.45) is 3.75. The Kier molecular flexibility index (Phi) is 7.19. The van der Waals surface area contributed by atoms with Crippen LogP contribution in [0.1, 0.15) is 41.3 Å². The first-order valence-corrected chi connectivity index (χ1v) is 11.6. The molecule has 0 saturated carbocycles. The molecule has 1 amide bonds. The molecule has 0 aliphatic carbocycles. The minimum atomic E-state index is 0.180. The number of likely N-dealkylation sites (N-methyl/N-ethyl adjacent to an activating group) is 1. The van der Waals surface area contributed by atoms with E-state index in [2.05, 4.69) is 59.2 Å². The number of carbonyl (C=O) groups is 1. The van der Waals surface area contributed by atoms with Gasteiger partial charge < -0.3 is 9.80 Å². The lowest BCUT2D eigenvalue weighted by Crippen LogP contribution is -2.48. The van der Waals surface area contributed by atoms with E-state index in [-0.39, 0.29) is 5.91 Å². The van der Waals surface area contributed by atoms with Crippen molar-refractivity contribution < 1.29 is 4.79 Å². The van der Waals surface area contributed by atoms with Crippen LogP contribution in [0.25, 0.3) is 0 Å². The Balaban J connectivity index is 1.24. The van der Waals surface area contributed by atoms with E-state index in [1.807, 2.05) is 17.0 Å². The third-order valence-electron chi connectivity index (χ3n) is 6.79. The molecule has 2 heterocycles. The van der Waals surface area contributed by atoms with Crippen LogP contribution in [0.3, 0.4) is 0 Å². The van der Waals surface area contributed by atoms with Crippen LogP contribution in [0.15, 0.2) is 54.6 Å². The van der Waals surface area contributed by atoms with E-state index in [1.54, 1.807) is 0 Å². The fourth-order valence-electron chi connectivity index (χ4n) is 4.76. The lowest BCUT2D eigenvalue weighted by atomic mass is 9.90. The van der Waals surface area contributed by atoms with Crippen molar-refractivity contribution in [2.45, 2.75) is 32.7 Å². The first-order valence-electron chi connectivity index (χ1n) is 11.6. The van der Waals surface area contributed by atoms with Crippen molar-refractivity contribution in [3.8, 4) is 0 Å². The monoisotopic (exact) mass is 405 g/mol. The molecule has 0 radical (unpaired) electrons. The second-order valence-electron chi connectivity index (χ2n) is 8.83. The Hall–Kier alpha value is -2.17. The SMILES string of the molecule is CCN1CCN(C(=O)c2ccc(CN3CCC(Cc4ccccc4)CC3)cc2)CC1. The van der Waals surface area contributed by atoms with Crippen molar-refractivity contribution in [1.82, 2.24) is 14.7 Å². The maximum Gasteiger partial charge on any atom is 0.253 e. The molecule has 4 nitrogen and oxygen atoms in total. The zero-order valence-corrected chi connectivity index (χ0v) is 18.3. The summed E-state index contributed by atoms with van der Waals surface area (Å²) in [7, 11) is 0. The second-order valence-corrected chi connectivity index (χ2v) is 8.83. The second kappa shape index (κ2) is 10.2. The first-order chi connectivity index (χ1) is 14.7. The number of benzene rings is 2. The van der Waals surface area contributed by atoms with Crippen LogP contribution in [0.2, 0.25) is 0 Å². The maximum atomic E-state index is 12.8. The number of hydrogen-bond acceptors (Lipinski definition) is 3. The molecule has 0 atom stereocenters. The van der Waals surface area contributed by atoms with Gasteiger partial charge in [0.2, 0.25) is 0 Å². The van der Waals surface area contributed by atoms with Crippen molar-refractivity contribution in [3.63, 3.8) is 0 Å². The molecule has 0 unspecified atom stereocenters. The summed E-state index contributed by atoms with van der Waals surface area (Å²) in [4.78, 5) is 19.7. The average molecular weight is 406 g/mol. The molecule has 2 fully saturated rings. The molecule has 0 spiro atoms. The highest BCUT2D eigenvalue weighted by Crippen LogP contribution is 2.23. The lowest BCUT2D eigenvalue weighted by molar-refractivity contribution is 0.0643. The minimum absolute atomic E-state index is 0.180. The Bertz CT molecular complexity index is 789. The Labute approximate surface area is 181 Å². The summed E-state index contributed by atoms with van der Waals surface area (Å²) >= 11 is 0. The number of piperidine rings is 1. The molecule has 4 heteroatoms. The molecule has 2 aliphatic rings. The van der Waals surface area contributed by atoms with Crippen LogP contribution in [0.4, 0.5) is 0 Å². The summed E-state index contributed by atoms with van der Waals surface area (Å²) in [5.41, 5.74) is 3.60. The van der Waals surface area contributed by atoms with Crippen molar-refractivity contribution in [3.05, 3.63) is 71.3 Å². The van der Waals surface area contributed by atoms with Crippen LogP contribution < -0.4 is 0 Å². The summed E-state index contributed by atoms with van der Waals surface area (Å²) in [6.45, 7) is 10.2. The van der Waals surface area contributed by atoms with Gasteiger partial charge in [0.15, 0.2) is 0 Å². The van der Waals surface area contributed by atoms with Crippen LogP contribution in [-0.4, -0.2) is 66.4 Å². The van der Waals surface area contributed by atoms with E-state index in [0.717, 1.165) is 50.7 Å². The molecule has 2 saturated heterocycles. The highest BCUT2D eigenvalue weighted by Gasteiger charge is 2.22. The topological polar surface area (TPSA) is 26.8 Å². The van der Waals surface area contributed by atoms with E-state index >= 15 is 0 Å². The first kappa shape index (κ1) is 21.1. The van der Waals surface area contributed by atoms with Gasteiger partial charge in [0.1, 0.15) is 0 Å². The third kappa shape index (κ3) is 5.50. The standard InChI is InChI=1S/C26H35N3O/c1-2-27-16-18-29(19-17-27)26(30)25-10-8-24(9-11-25)21-28-14-12-23(13-15-28)20-22-6-4-3-5-7-22/h3-11,23H,2,12-21H2,1H3. The molecule has 2 aliphatic heterocycles. The van der Waals surface area contributed by atoms with Gasteiger partial charge in [-0.05, 0) is 68.1 Å². The van der Waals surface area contributed by atoms with Crippen molar-refractivity contribution in [2.24, 2.45) is 5.92 Å². The summed E-state index contributed by atoms with van der Waals surface area (Å²) in [5, 5.41) is 0. The fraction of sp³-hybridized carbons (Fsp3) is 0.500. The van der Waals surface area contributed by atoms with Gasteiger partial charge in [0, 0.05) is 38.3 Å². The van der Waals surface area contributed by atoms with Gasteiger partial charge in [-0.25, -0.2) is 0 Å². The molecule has 4 rings (SSSR count). The Morgan fingerprint density at radius 3 is 2.10 bits per heavy atom. The molecule has 2 aromatic rings. The van der Waals surface area contributed by atoms with Crippen LogP contribution in [-0.2, 0) is 13.0 Å². The van der Waals surface area contributed by atoms with Gasteiger partial charge in [0.05, 0.1) is 0 Å². The molecule has 0 aromatic heterocycles. The number of nitrogens with zero attached hydrogens (tertiary/aromatic N) is 3. The van der Waals surface area contributed by atoms with E-state index in [4.69, 9.17) is 0 Å². The lowest BCUT2D eigenvalue weighted by Gasteiger charge is -2.34. The van der Waals surface area contributed by atoms with Crippen molar-refractivity contribution in [2.75, 3.05) is 45.8 Å². The smallest absolute Gasteiger partial charge is 0.253 e. The molecule has 0 bridgehead atoms. The Morgan fingerprint density at radius 2 is 1.47 bits per heavy atom. The average Bonchev–Trinajstić information content (AvgIpc) is 2.81. The largest absolute Gasteiger partial charge is 0.336 e. The number of hydrogen-bond donors (Lipinski definition) is 0. The fourth-order valence-corrected chi connectivity index (χ4v) is 4.76. The zero-order valence-electron chi connectivity index (χ0n) is 18.3. The van der Waals surface area contributed by atoms with Gasteiger partial charge in [-0.1, -0.05) is 49.4 Å². The predicted molar refractivity (Wildman–Crippen MR) is 123 cm³/mol. The Morgan fingerprint density at radius 1 is 0.800 bits per heavy atom. The molecule has 0 N–H and O–H groups in total. The van der Waals surface area contributed by atoms with E-state index in [9.17, 15) is 4.79 Å². The molecule has 30 heavy (non-hydrogen) atoms. The molecule has 2 aromatic carbocycles. The molecular weight excluding hydrogens is 370 g/mol. The van der Waals surface area contributed by atoms with Crippen LogP contribution >= 0.6 is 0 Å². The van der Waals surface area contributed by atoms with Crippen molar-refractivity contribution >= 4 is 5.91 Å². The number of rotatable bonds is 6. The van der Waals surface area contributed by atoms with Crippen molar-refractivity contribution in [1.29, 1.82) is 0 Å². The van der Waals surface area contributed by atoms with E-state index in [0.29, 0.717) is 0 Å². The van der Waals surface area contributed by atoms with E-state index in [1.165, 1.54) is 43.5 Å². The highest BCUT2D eigenvalue weighted by atomic mass is 16.2. The van der Waals surface area contributed by atoms with Crippen LogP contribution in [0, 0.1) is 5.92 Å². The zero-order chi connectivity index (χ0) is 20.8. The van der Waals surface area contributed by atoms with Gasteiger partial charge in [-0.3, -0.25) is 9.69 Å². The molecule has 160 valence electrons. The number of likely N-dealkylation sites (tertiary alicyclic amines) is 1. The highest BCUT2D eigenvalue weighted by molar-refractivity contribution is 5.94. The normalized spacial score (nSPS) is 19.2. The van der Waals surface area contributed by atoms with Gasteiger partial charge in [-0.15, -0.1) is 0 Å². The van der Waals surface area contributed by atoms with Gasteiger partial charge >= 0.3 is 0 Å². The van der Waals surface area contributed by atoms with E-state index < -0.39 is 0 Å². The predicted octanol–water partition coefficient (Wildman–Crippen LogP) is 3.92. The quantitative estimate of drug-likeness (QED) is 0.729. The third-order valence-corrected chi connectivity index (χ3v) is 6.79. The number of carbonyl (C=O) groups excluding carboxylic acids is 1.